The highest BCUT2D eigenvalue weighted by atomic mass is 16.4. The molecular formula is C24H37NO3. The molecular weight excluding hydrogens is 350 g/mol. The highest BCUT2D eigenvalue weighted by molar-refractivity contribution is 5.78. The fourth-order valence-corrected chi connectivity index (χ4v) is 9.70. The van der Waals surface area contributed by atoms with Crippen molar-refractivity contribution in [3.8, 4) is 0 Å². The van der Waals surface area contributed by atoms with Gasteiger partial charge in [0.15, 0.2) is 0 Å². The second-order valence-corrected chi connectivity index (χ2v) is 11.7. The van der Waals surface area contributed by atoms with Crippen molar-refractivity contribution in [3.05, 3.63) is 0 Å². The van der Waals surface area contributed by atoms with Crippen molar-refractivity contribution >= 4 is 11.9 Å². The zero-order chi connectivity index (χ0) is 19.9. The number of nitrogens with one attached hydrogen (secondary N) is 1. The molecule has 156 valence electrons. The van der Waals surface area contributed by atoms with Crippen LogP contribution in [0.15, 0.2) is 0 Å². The molecule has 4 unspecified atom stereocenters. The minimum Gasteiger partial charge on any atom is -0.481 e. The van der Waals surface area contributed by atoms with Gasteiger partial charge < -0.3 is 10.4 Å². The molecule has 1 heterocycles. The summed E-state index contributed by atoms with van der Waals surface area (Å²) >= 11 is 0. The average molecular weight is 388 g/mol. The first-order valence-electron chi connectivity index (χ1n) is 11.7. The number of hydrogen-bond acceptors (Lipinski definition) is 2. The Hall–Kier alpha value is -1.06. The van der Waals surface area contributed by atoms with Crippen LogP contribution in [0.4, 0.5) is 0 Å². The minimum absolute atomic E-state index is 0.0517. The molecule has 5 rings (SSSR count). The van der Waals surface area contributed by atoms with Crippen molar-refractivity contribution in [2.45, 2.75) is 97.4 Å². The fraction of sp³-hybridized carbons (Fsp3) is 0.917. The highest BCUT2D eigenvalue weighted by Gasteiger charge is 2.74. The summed E-state index contributed by atoms with van der Waals surface area (Å²) in [5.41, 5.74) is -0.462. The summed E-state index contributed by atoms with van der Waals surface area (Å²) in [6.45, 7) is 7.09. The highest BCUT2D eigenvalue weighted by Crippen LogP contribution is 2.77. The summed E-state index contributed by atoms with van der Waals surface area (Å²) in [7, 11) is 0. The second-order valence-electron chi connectivity index (χ2n) is 11.7. The zero-order valence-corrected chi connectivity index (χ0v) is 17.9. The zero-order valence-electron chi connectivity index (χ0n) is 17.9. The van der Waals surface area contributed by atoms with Crippen LogP contribution >= 0.6 is 0 Å². The largest absolute Gasteiger partial charge is 0.481 e. The topological polar surface area (TPSA) is 66.4 Å². The molecule has 0 aromatic rings. The van der Waals surface area contributed by atoms with Crippen molar-refractivity contribution in [1.29, 1.82) is 0 Å². The van der Waals surface area contributed by atoms with E-state index in [9.17, 15) is 14.7 Å². The first kappa shape index (κ1) is 18.9. The standard InChI is InChI=1S/C24H37NO3/c1-21-10-4-5-11-24(21,20(27)28)23(3)13-8-16-15(17(23)14-21)6-7-18-22(16,2)12-9-19(26)25-18/h15-18H,4-14H2,1-3H3,(H,25,26)(H,27,28)/t15?,16?,17?,18?,21-,22-,23+,24+/m1/s1. The predicted molar refractivity (Wildman–Crippen MR) is 108 cm³/mol. The van der Waals surface area contributed by atoms with Gasteiger partial charge in [-0.3, -0.25) is 9.59 Å². The number of fused-ring (bicyclic) bond motifs is 7. The van der Waals surface area contributed by atoms with E-state index in [1.807, 2.05) is 0 Å². The SMILES string of the molecule is C[C@]12CCC(=O)NC1CCC1C2CC[C@@]2(C)C1C[C@@]1(C)CCCC[C@]12C(=O)O. The molecule has 0 bridgehead atoms. The van der Waals surface area contributed by atoms with Gasteiger partial charge in [0.2, 0.25) is 5.91 Å². The summed E-state index contributed by atoms with van der Waals surface area (Å²) in [6.07, 6.45) is 11.4. The van der Waals surface area contributed by atoms with E-state index in [0.717, 1.165) is 57.8 Å². The third-order valence-corrected chi connectivity index (χ3v) is 11.1. The molecule has 1 saturated heterocycles. The quantitative estimate of drug-likeness (QED) is 0.681. The van der Waals surface area contributed by atoms with Gasteiger partial charge in [-0.05, 0) is 85.4 Å². The summed E-state index contributed by atoms with van der Waals surface area (Å²) < 4.78 is 0. The maximum Gasteiger partial charge on any atom is 0.310 e. The Kier molecular flexibility index (Phi) is 3.89. The van der Waals surface area contributed by atoms with Gasteiger partial charge in [0, 0.05) is 12.5 Å². The molecule has 2 N–H and O–H groups in total. The Bertz CT molecular complexity index is 721. The van der Waals surface area contributed by atoms with Crippen molar-refractivity contribution in [2.75, 3.05) is 0 Å². The number of rotatable bonds is 1. The van der Waals surface area contributed by atoms with Crippen molar-refractivity contribution in [3.63, 3.8) is 0 Å². The first-order chi connectivity index (χ1) is 13.2. The van der Waals surface area contributed by atoms with Crippen molar-refractivity contribution < 1.29 is 14.7 Å². The Morgan fingerprint density at radius 3 is 2.50 bits per heavy atom. The Morgan fingerprint density at radius 1 is 1.00 bits per heavy atom. The van der Waals surface area contributed by atoms with E-state index in [2.05, 4.69) is 26.1 Å². The molecule has 5 aliphatic rings. The van der Waals surface area contributed by atoms with Crippen LogP contribution in [-0.4, -0.2) is 23.0 Å². The van der Waals surface area contributed by atoms with E-state index in [1.165, 1.54) is 6.42 Å². The number of carbonyl (C=O) groups is 2. The number of hydrogen-bond donors (Lipinski definition) is 2. The number of amides is 1. The second kappa shape index (κ2) is 5.76. The lowest BCUT2D eigenvalue weighted by atomic mass is 9.43. The van der Waals surface area contributed by atoms with Gasteiger partial charge in [0.1, 0.15) is 0 Å². The van der Waals surface area contributed by atoms with Gasteiger partial charge in [0.05, 0.1) is 5.41 Å². The molecule has 0 radical (unpaired) electrons. The Morgan fingerprint density at radius 2 is 1.75 bits per heavy atom. The van der Waals surface area contributed by atoms with Crippen LogP contribution in [0.2, 0.25) is 0 Å². The van der Waals surface area contributed by atoms with E-state index in [4.69, 9.17) is 0 Å². The van der Waals surface area contributed by atoms with Crippen LogP contribution in [0.25, 0.3) is 0 Å². The van der Waals surface area contributed by atoms with Gasteiger partial charge in [-0.15, -0.1) is 0 Å². The van der Waals surface area contributed by atoms with E-state index in [1.54, 1.807) is 0 Å². The number of aliphatic carboxylic acids is 1. The molecule has 1 amide bonds. The molecule has 0 aromatic heterocycles. The monoisotopic (exact) mass is 387 g/mol. The molecule has 1 aliphatic heterocycles. The van der Waals surface area contributed by atoms with E-state index in [0.29, 0.717) is 30.2 Å². The lowest BCUT2D eigenvalue weighted by molar-refractivity contribution is -0.181. The van der Waals surface area contributed by atoms with E-state index >= 15 is 0 Å². The number of carbonyl (C=O) groups excluding carboxylic acids is 1. The van der Waals surface area contributed by atoms with Crippen LogP contribution in [-0.2, 0) is 9.59 Å². The predicted octanol–water partition coefficient (Wildman–Crippen LogP) is 4.77. The molecule has 8 atom stereocenters. The minimum atomic E-state index is -0.535. The van der Waals surface area contributed by atoms with Crippen molar-refractivity contribution in [1.82, 2.24) is 5.32 Å². The summed E-state index contributed by atoms with van der Waals surface area (Å²) in [4.78, 5) is 24.9. The summed E-state index contributed by atoms with van der Waals surface area (Å²) in [5.74, 6) is 1.52. The van der Waals surface area contributed by atoms with E-state index in [-0.39, 0.29) is 22.2 Å². The molecule has 4 heteroatoms. The molecule has 0 spiro atoms. The van der Waals surface area contributed by atoms with E-state index < -0.39 is 11.4 Å². The van der Waals surface area contributed by atoms with Gasteiger partial charge in [0.25, 0.3) is 0 Å². The summed E-state index contributed by atoms with van der Waals surface area (Å²) in [6, 6.07) is 0.326. The Labute approximate surface area is 169 Å². The van der Waals surface area contributed by atoms with Crippen LogP contribution in [0, 0.1) is 39.4 Å². The van der Waals surface area contributed by atoms with Crippen LogP contribution in [0.1, 0.15) is 91.4 Å². The molecule has 4 aliphatic carbocycles. The number of carboxylic acid groups (broad SMARTS) is 1. The number of carboxylic acids is 1. The molecule has 0 aromatic carbocycles. The molecule has 4 saturated carbocycles. The summed E-state index contributed by atoms with van der Waals surface area (Å²) in [5, 5.41) is 13.9. The first-order valence-corrected chi connectivity index (χ1v) is 11.7. The average Bonchev–Trinajstić information content (AvgIpc) is 2.87. The van der Waals surface area contributed by atoms with Crippen LogP contribution in [0.3, 0.4) is 0 Å². The van der Waals surface area contributed by atoms with Crippen molar-refractivity contribution in [2.24, 2.45) is 39.4 Å². The maximum absolute atomic E-state index is 12.9. The molecule has 4 nitrogen and oxygen atoms in total. The fourth-order valence-electron chi connectivity index (χ4n) is 9.70. The normalized spacial score (nSPS) is 55.3. The van der Waals surface area contributed by atoms with Gasteiger partial charge >= 0.3 is 5.97 Å². The Balaban J connectivity index is 1.55. The number of piperidine rings is 1. The van der Waals surface area contributed by atoms with Gasteiger partial charge in [-0.2, -0.15) is 0 Å². The van der Waals surface area contributed by atoms with Crippen LogP contribution in [0.5, 0.6) is 0 Å². The third-order valence-electron chi connectivity index (χ3n) is 11.1. The van der Waals surface area contributed by atoms with Gasteiger partial charge in [-0.25, -0.2) is 0 Å². The van der Waals surface area contributed by atoms with Crippen LogP contribution < -0.4 is 5.32 Å². The lowest BCUT2D eigenvalue weighted by Crippen LogP contribution is -2.62. The molecule has 28 heavy (non-hydrogen) atoms. The lowest BCUT2D eigenvalue weighted by Gasteiger charge is -2.61. The maximum atomic E-state index is 12.9. The smallest absolute Gasteiger partial charge is 0.310 e. The van der Waals surface area contributed by atoms with Gasteiger partial charge in [-0.1, -0.05) is 33.6 Å². The molecule has 5 fully saturated rings. The third kappa shape index (κ3) is 2.03.